The summed E-state index contributed by atoms with van der Waals surface area (Å²) in [4.78, 5) is 4.45. The van der Waals surface area contributed by atoms with E-state index in [2.05, 4.69) is 53.8 Å². The molecule has 0 radical (unpaired) electrons. The molecule has 0 bridgehead atoms. The van der Waals surface area contributed by atoms with Gasteiger partial charge in [0.25, 0.3) is 0 Å². The zero-order valence-corrected chi connectivity index (χ0v) is 11.2. The second kappa shape index (κ2) is 5.94. The Morgan fingerprint density at radius 2 is 2.06 bits per heavy atom. The molecule has 1 aromatic heterocycles. The highest BCUT2D eigenvalue weighted by atomic mass is 32.1. The molecule has 0 fully saturated rings. The largest absolute Gasteiger partial charge is 0.312 e. The van der Waals surface area contributed by atoms with Crippen molar-refractivity contribution in [2.75, 3.05) is 6.54 Å². The van der Waals surface area contributed by atoms with Crippen LogP contribution in [0.25, 0.3) is 0 Å². The standard InChI is InChI=1S/C14H18N2S/c1-11-5-3-4-6-13(11)9-15-8-7-14-10-17-12(2)16-14/h3-6,10,15H,7-9H2,1-2H3. The number of hydrogen-bond donors (Lipinski definition) is 1. The van der Waals surface area contributed by atoms with Gasteiger partial charge in [0.2, 0.25) is 0 Å². The Balaban J connectivity index is 1.75. The van der Waals surface area contributed by atoms with E-state index in [1.54, 1.807) is 11.3 Å². The van der Waals surface area contributed by atoms with Gasteiger partial charge in [0, 0.05) is 24.9 Å². The Hall–Kier alpha value is -1.19. The number of nitrogens with zero attached hydrogens (tertiary/aromatic N) is 1. The van der Waals surface area contributed by atoms with Crippen LogP contribution in [0.5, 0.6) is 0 Å². The molecule has 0 atom stereocenters. The van der Waals surface area contributed by atoms with Crippen molar-refractivity contribution in [3.05, 3.63) is 51.5 Å². The second-order valence-corrected chi connectivity index (χ2v) is 5.27. The quantitative estimate of drug-likeness (QED) is 0.820. The Bertz CT molecular complexity index is 477. The lowest BCUT2D eigenvalue weighted by Crippen LogP contribution is -2.17. The van der Waals surface area contributed by atoms with Crippen LogP contribution in [0.3, 0.4) is 0 Å². The summed E-state index contributed by atoms with van der Waals surface area (Å²) in [6, 6.07) is 8.50. The third-order valence-corrected chi connectivity index (χ3v) is 3.62. The van der Waals surface area contributed by atoms with Crippen molar-refractivity contribution in [3.63, 3.8) is 0 Å². The van der Waals surface area contributed by atoms with E-state index in [1.165, 1.54) is 16.8 Å². The van der Waals surface area contributed by atoms with Gasteiger partial charge < -0.3 is 5.32 Å². The molecule has 1 aromatic carbocycles. The molecule has 0 saturated carbocycles. The molecular weight excluding hydrogens is 228 g/mol. The van der Waals surface area contributed by atoms with Crippen LogP contribution in [0.1, 0.15) is 21.8 Å². The van der Waals surface area contributed by atoms with Crippen LogP contribution in [0.4, 0.5) is 0 Å². The predicted molar refractivity (Wildman–Crippen MR) is 73.4 cm³/mol. The van der Waals surface area contributed by atoms with Gasteiger partial charge >= 0.3 is 0 Å². The summed E-state index contributed by atoms with van der Waals surface area (Å²) in [5.41, 5.74) is 3.93. The van der Waals surface area contributed by atoms with Crippen LogP contribution in [0.2, 0.25) is 0 Å². The number of thiazole rings is 1. The average molecular weight is 246 g/mol. The van der Waals surface area contributed by atoms with Gasteiger partial charge in [0.1, 0.15) is 0 Å². The Morgan fingerprint density at radius 1 is 1.24 bits per heavy atom. The molecule has 17 heavy (non-hydrogen) atoms. The first-order valence-corrected chi connectivity index (χ1v) is 6.80. The molecule has 2 rings (SSSR count). The molecule has 0 amide bonds. The minimum atomic E-state index is 0.940. The third kappa shape index (κ3) is 3.65. The first-order valence-electron chi connectivity index (χ1n) is 5.92. The van der Waals surface area contributed by atoms with Gasteiger partial charge in [-0.15, -0.1) is 11.3 Å². The van der Waals surface area contributed by atoms with E-state index in [0.29, 0.717) is 0 Å². The lowest BCUT2D eigenvalue weighted by molar-refractivity contribution is 0.679. The first-order chi connectivity index (χ1) is 8.25. The molecule has 3 heteroatoms. The Kier molecular flexibility index (Phi) is 4.29. The summed E-state index contributed by atoms with van der Waals surface area (Å²) >= 11 is 1.72. The molecule has 2 aromatic rings. The maximum atomic E-state index is 4.45. The van der Waals surface area contributed by atoms with E-state index in [1.807, 2.05) is 0 Å². The molecule has 0 spiro atoms. The normalized spacial score (nSPS) is 10.7. The van der Waals surface area contributed by atoms with E-state index in [-0.39, 0.29) is 0 Å². The molecule has 1 N–H and O–H groups in total. The zero-order valence-electron chi connectivity index (χ0n) is 10.4. The minimum absolute atomic E-state index is 0.940. The topological polar surface area (TPSA) is 24.9 Å². The minimum Gasteiger partial charge on any atom is -0.312 e. The van der Waals surface area contributed by atoms with Gasteiger partial charge in [-0.1, -0.05) is 24.3 Å². The van der Waals surface area contributed by atoms with Crippen molar-refractivity contribution < 1.29 is 0 Å². The van der Waals surface area contributed by atoms with Crippen molar-refractivity contribution in [1.29, 1.82) is 0 Å². The number of benzene rings is 1. The maximum Gasteiger partial charge on any atom is 0.0897 e. The fourth-order valence-electron chi connectivity index (χ4n) is 1.77. The lowest BCUT2D eigenvalue weighted by Gasteiger charge is -2.06. The summed E-state index contributed by atoms with van der Waals surface area (Å²) in [5.74, 6) is 0. The van der Waals surface area contributed by atoms with E-state index in [0.717, 1.165) is 24.5 Å². The first kappa shape index (κ1) is 12.3. The van der Waals surface area contributed by atoms with Gasteiger partial charge in [-0.2, -0.15) is 0 Å². The summed E-state index contributed by atoms with van der Waals surface area (Å²) in [6.07, 6.45) is 1.01. The van der Waals surface area contributed by atoms with Crippen molar-refractivity contribution in [2.24, 2.45) is 0 Å². The third-order valence-electron chi connectivity index (χ3n) is 2.80. The van der Waals surface area contributed by atoms with Gasteiger partial charge in [0.05, 0.1) is 10.7 Å². The Labute approximate surface area is 107 Å². The van der Waals surface area contributed by atoms with Crippen LogP contribution in [0.15, 0.2) is 29.6 Å². The molecule has 0 unspecified atom stereocenters. The number of aromatic nitrogens is 1. The maximum absolute atomic E-state index is 4.45. The number of rotatable bonds is 5. The van der Waals surface area contributed by atoms with Gasteiger partial charge in [-0.05, 0) is 25.0 Å². The highest BCUT2D eigenvalue weighted by Gasteiger charge is 1.99. The molecule has 0 aliphatic rings. The molecule has 1 heterocycles. The molecule has 2 nitrogen and oxygen atoms in total. The van der Waals surface area contributed by atoms with Crippen molar-refractivity contribution in [2.45, 2.75) is 26.8 Å². The summed E-state index contributed by atoms with van der Waals surface area (Å²) in [5, 5.41) is 6.76. The molecule has 90 valence electrons. The van der Waals surface area contributed by atoms with E-state index < -0.39 is 0 Å². The van der Waals surface area contributed by atoms with E-state index in [4.69, 9.17) is 0 Å². The summed E-state index contributed by atoms with van der Waals surface area (Å²) < 4.78 is 0. The summed E-state index contributed by atoms with van der Waals surface area (Å²) in [7, 11) is 0. The van der Waals surface area contributed by atoms with Crippen molar-refractivity contribution in [1.82, 2.24) is 10.3 Å². The zero-order chi connectivity index (χ0) is 12.1. The Morgan fingerprint density at radius 3 is 2.76 bits per heavy atom. The predicted octanol–water partition coefficient (Wildman–Crippen LogP) is 3.09. The fraction of sp³-hybridized carbons (Fsp3) is 0.357. The number of aryl methyl sites for hydroxylation is 2. The smallest absolute Gasteiger partial charge is 0.0897 e. The van der Waals surface area contributed by atoms with Crippen LogP contribution >= 0.6 is 11.3 Å². The van der Waals surface area contributed by atoms with Gasteiger partial charge in [-0.25, -0.2) is 4.98 Å². The van der Waals surface area contributed by atoms with Crippen molar-refractivity contribution >= 4 is 11.3 Å². The second-order valence-electron chi connectivity index (χ2n) is 4.21. The van der Waals surface area contributed by atoms with Gasteiger partial charge in [0.15, 0.2) is 0 Å². The van der Waals surface area contributed by atoms with Crippen LogP contribution in [-0.4, -0.2) is 11.5 Å². The van der Waals surface area contributed by atoms with Gasteiger partial charge in [-0.3, -0.25) is 0 Å². The molecule has 0 saturated heterocycles. The van der Waals surface area contributed by atoms with E-state index in [9.17, 15) is 0 Å². The number of hydrogen-bond acceptors (Lipinski definition) is 3. The van der Waals surface area contributed by atoms with Crippen LogP contribution in [0, 0.1) is 13.8 Å². The fourth-order valence-corrected chi connectivity index (χ4v) is 2.42. The highest BCUT2D eigenvalue weighted by molar-refractivity contribution is 7.09. The SMILES string of the molecule is Cc1nc(CCNCc2ccccc2C)cs1. The van der Waals surface area contributed by atoms with E-state index >= 15 is 0 Å². The van der Waals surface area contributed by atoms with Crippen LogP contribution < -0.4 is 5.32 Å². The van der Waals surface area contributed by atoms with Crippen molar-refractivity contribution in [3.8, 4) is 0 Å². The average Bonchev–Trinajstić information content (AvgIpc) is 2.73. The van der Waals surface area contributed by atoms with Crippen LogP contribution in [-0.2, 0) is 13.0 Å². The molecular formula is C14H18N2S. The lowest BCUT2D eigenvalue weighted by atomic mass is 10.1. The summed E-state index contributed by atoms with van der Waals surface area (Å²) in [6.45, 7) is 6.13. The number of nitrogens with one attached hydrogen (secondary N) is 1. The molecule has 0 aliphatic carbocycles. The monoisotopic (exact) mass is 246 g/mol. The molecule has 0 aliphatic heterocycles. The highest BCUT2D eigenvalue weighted by Crippen LogP contribution is 2.08.